The highest BCUT2D eigenvalue weighted by Crippen LogP contribution is 2.23. The van der Waals surface area contributed by atoms with Crippen molar-refractivity contribution in [3.05, 3.63) is 52.3 Å². The molecule has 1 amide bonds. The van der Waals surface area contributed by atoms with E-state index in [0.717, 1.165) is 29.8 Å². The number of anilines is 1. The van der Waals surface area contributed by atoms with Crippen molar-refractivity contribution in [2.75, 3.05) is 11.9 Å². The molecule has 1 N–H and O–H groups in total. The van der Waals surface area contributed by atoms with Crippen LogP contribution >= 0.6 is 0 Å². The second kappa shape index (κ2) is 8.10. The van der Waals surface area contributed by atoms with E-state index in [1.54, 1.807) is 12.1 Å². The smallest absolute Gasteiger partial charge is 0.379 e. The van der Waals surface area contributed by atoms with E-state index in [0.29, 0.717) is 0 Å². The molecule has 0 radical (unpaired) electrons. The molecule has 1 aromatic carbocycles. The lowest BCUT2D eigenvalue weighted by Gasteiger charge is -2.07. The molecule has 2 aromatic rings. The number of nitriles is 2. The van der Waals surface area contributed by atoms with E-state index in [1.165, 1.54) is 6.92 Å². The highest BCUT2D eigenvalue weighted by Gasteiger charge is 2.33. The van der Waals surface area contributed by atoms with Gasteiger partial charge in [-0.25, -0.2) is 13.6 Å². The summed E-state index contributed by atoms with van der Waals surface area (Å²) in [6, 6.07) is 6.27. The minimum Gasteiger partial charge on any atom is -0.460 e. The van der Waals surface area contributed by atoms with Gasteiger partial charge < -0.3 is 14.6 Å². The Labute approximate surface area is 157 Å². The molecule has 0 atom stereocenters. The Kier molecular flexibility index (Phi) is 5.86. The van der Waals surface area contributed by atoms with Crippen LogP contribution in [0.4, 0.5) is 14.5 Å². The Balaban J connectivity index is 2.48. The number of Topliss-reactive ketones (excluding diaryl/α,β-unsaturated/α-hetero) is 1. The lowest BCUT2D eigenvalue weighted by Crippen LogP contribution is -2.19. The molecule has 0 aliphatic heterocycles. The van der Waals surface area contributed by atoms with Crippen molar-refractivity contribution in [3.8, 4) is 12.1 Å². The van der Waals surface area contributed by atoms with E-state index in [9.17, 15) is 28.4 Å². The predicted octanol–water partition coefficient (Wildman–Crippen LogP) is 2.04. The van der Waals surface area contributed by atoms with E-state index in [-0.39, 0.29) is 17.9 Å². The summed E-state index contributed by atoms with van der Waals surface area (Å²) >= 11 is 0. The molecular formula is C18H12F2N4O4. The summed E-state index contributed by atoms with van der Waals surface area (Å²) in [5, 5.41) is 20.3. The third-order valence-electron chi connectivity index (χ3n) is 3.69. The minimum absolute atomic E-state index is 0.0136. The van der Waals surface area contributed by atoms with Crippen LogP contribution in [-0.4, -0.2) is 28.8 Å². The molecule has 0 spiro atoms. The van der Waals surface area contributed by atoms with E-state index >= 15 is 0 Å². The summed E-state index contributed by atoms with van der Waals surface area (Å²) in [7, 11) is 1.16. The van der Waals surface area contributed by atoms with Crippen molar-refractivity contribution in [1.82, 2.24) is 4.57 Å². The van der Waals surface area contributed by atoms with Gasteiger partial charge in [0.2, 0.25) is 0 Å². The van der Waals surface area contributed by atoms with Gasteiger partial charge in [-0.15, -0.1) is 0 Å². The molecule has 0 aliphatic rings. The summed E-state index contributed by atoms with van der Waals surface area (Å²) < 4.78 is 33.5. The van der Waals surface area contributed by atoms with Gasteiger partial charge in [-0.2, -0.15) is 10.5 Å². The number of esters is 1. The highest BCUT2D eigenvalue weighted by atomic mass is 19.1. The van der Waals surface area contributed by atoms with Crippen molar-refractivity contribution in [3.63, 3.8) is 0 Å². The number of halogens is 2. The van der Waals surface area contributed by atoms with E-state index < -0.39 is 46.2 Å². The number of ether oxygens (including phenoxy) is 1. The summed E-state index contributed by atoms with van der Waals surface area (Å²) in [5.41, 5.74) is -2.49. The average Bonchev–Trinajstić information content (AvgIpc) is 2.92. The number of nitrogens with zero attached hydrogens (tertiary/aromatic N) is 3. The maximum Gasteiger partial charge on any atom is 0.379 e. The van der Waals surface area contributed by atoms with Crippen molar-refractivity contribution in [2.24, 2.45) is 7.05 Å². The molecule has 0 fully saturated rings. The van der Waals surface area contributed by atoms with Crippen LogP contribution in [-0.2, 0) is 16.6 Å². The molecule has 2 rings (SSSR count). The van der Waals surface area contributed by atoms with Crippen LogP contribution in [0.1, 0.15) is 39.0 Å². The number of aromatic nitrogens is 1. The third kappa shape index (κ3) is 3.57. The number of amides is 1. The maximum absolute atomic E-state index is 14.8. The zero-order chi connectivity index (χ0) is 21.0. The van der Waals surface area contributed by atoms with Gasteiger partial charge in [0.05, 0.1) is 12.2 Å². The number of carbonyl (C=O) groups excluding carboxylic acids is 3. The third-order valence-corrected chi connectivity index (χ3v) is 3.69. The largest absolute Gasteiger partial charge is 0.460 e. The molecule has 28 heavy (non-hydrogen) atoms. The normalized spacial score (nSPS) is 9.93. The van der Waals surface area contributed by atoms with Crippen LogP contribution in [0.2, 0.25) is 0 Å². The summed E-state index contributed by atoms with van der Waals surface area (Å²) in [6.45, 7) is 1.30. The van der Waals surface area contributed by atoms with Crippen LogP contribution in [0, 0.1) is 34.3 Å². The van der Waals surface area contributed by atoms with Gasteiger partial charge in [0.1, 0.15) is 34.9 Å². The zero-order valence-electron chi connectivity index (χ0n) is 14.7. The summed E-state index contributed by atoms with van der Waals surface area (Å²) in [4.78, 5) is 36.2. The molecular weight excluding hydrogens is 374 g/mol. The molecule has 0 unspecified atom stereocenters. The van der Waals surface area contributed by atoms with Gasteiger partial charge >= 0.3 is 5.97 Å². The number of rotatable bonds is 5. The number of hydrogen-bond acceptors (Lipinski definition) is 6. The second-order valence-corrected chi connectivity index (χ2v) is 5.37. The van der Waals surface area contributed by atoms with Crippen LogP contribution in [0.25, 0.3) is 0 Å². The standard InChI is InChI=1S/C18H12F2N4O4/c1-3-28-18(27)16(25)13-12(8-22)24(2)15(14(13)20)17(26)23-10-4-5-11(19)9(6-10)7-21/h4-6H,3H2,1-2H3,(H,23,26). The molecule has 10 heteroatoms. The highest BCUT2D eigenvalue weighted by molar-refractivity contribution is 6.41. The molecule has 0 saturated carbocycles. The first-order valence-corrected chi connectivity index (χ1v) is 7.77. The number of carbonyl (C=O) groups is 3. The van der Waals surface area contributed by atoms with Crippen molar-refractivity contribution in [1.29, 1.82) is 10.5 Å². The molecule has 0 saturated heterocycles. The quantitative estimate of drug-likeness (QED) is 0.476. The summed E-state index contributed by atoms with van der Waals surface area (Å²) in [5.74, 6) is -6.03. The molecule has 8 nitrogen and oxygen atoms in total. The Bertz CT molecular complexity index is 1080. The van der Waals surface area contributed by atoms with E-state index in [1.807, 2.05) is 0 Å². The molecule has 0 aliphatic carbocycles. The second-order valence-electron chi connectivity index (χ2n) is 5.37. The lowest BCUT2D eigenvalue weighted by molar-refractivity contribution is -0.137. The lowest BCUT2D eigenvalue weighted by atomic mass is 10.1. The Hall–Kier alpha value is -4.05. The van der Waals surface area contributed by atoms with Crippen molar-refractivity contribution >= 4 is 23.3 Å². The summed E-state index contributed by atoms with van der Waals surface area (Å²) in [6.07, 6.45) is 0. The fourth-order valence-corrected chi connectivity index (χ4v) is 2.42. The molecule has 0 bridgehead atoms. The molecule has 1 heterocycles. The number of benzene rings is 1. The fourth-order valence-electron chi connectivity index (χ4n) is 2.42. The average molecular weight is 386 g/mol. The minimum atomic E-state index is -1.40. The molecule has 142 valence electrons. The Morgan fingerprint density at radius 2 is 1.89 bits per heavy atom. The monoisotopic (exact) mass is 386 g/mol. The molecule has 1 aromatic heterocycles. The maximum atomic E-state index is 14.8. The van der Waals surface area contributed by atoms with Gasteiger partial charge in [0, 0.05) is 12.7 Å². The van der Waals surface area contributed by atoms with Gasteiger partial charge in [-0.3, -0.25) is 9.59 Å². The van der Waals surface area contributed by atoms with Crippen LogP contribution in [0.15, 0.2) is 18.2 Å². The van der Waals surface area contributed by atoms with Gasteiger partial charge in [0.25, 0.3) is 11.7 Å². The topological polar surface area (TPSA) is 125 Å². The predicted molar refractivity (Wildman–Crippen MR) is 90.1 cm³/mol. The van der Waals surface area contributed by atoms with Gasteiger partial charge in [0.15, 0.2) is 5.82 Å². The SMILES string of the molecule is CCOC(=O)C(=O)c1c(F)c(C(=O)Nc2ccc(F)c(C#N)c2)n(C)c1C#N. The van der Waals surface area contributed by atoms with Crippen LogP contribution < -0.4 is 5.32 Å². The number of ketones is 1. The van der Waals surface area contributed by atoms with Crippen molar-refractivity contribution < 1.29 is 27.9 Å². The van der Waals surface area contributed by atoms with Crippen LogP contribution in [0.3, 0.4) is 0 Å². The Morgan fingerprint density at radius 1 is 1.21 bits per heavy atom. The van der Waals surface area contributed by atoms with Crippen molar-refractivity contribution in [2.45, 2.75) is 6.92 Å². The van der Waals surface area contributed by atoms with Gasteiger partial charge in [-0.05, 0) is 25.1 Å². The zero-order valence-corrected chi connectivity index (χ0v) is 14.7. The Morgan fingerprint density at radius 3 is 2.46 bits per heavy atom. The number of hydrogen-bond donors (Lipinski definition) is 1. The number of nitrogens with one attached hydrogen (secondary N) is 1. The van der Waals surface area contributed by atoms with Crippen LogP contribution in [0.5, 0.6) is 0 Å². The van der Waals surface area contributed by atoms with E-state index in [4.69, 9.17) is 5.26 Å². The van der Waals surface area contributed by atoms with E-state index in [2.05, 4.69) is 10.1 Å². The fraction of sp³-hybridized carbons (Fsp3) is 0.167. The first-order chi connectivity index (χ1) is 13.3. The first kappa shape index (κ1) is 20.3. The van der Waals surface area contributed by atoms with Gasteiger partial charge in [-0.1, -0.05) is 0 Å². The first-order valence-electron chi connectivity index (χ1n) is 7.77.